The molecule has 1 N–H and O–H groups in total. The van der Waals surface area contributed by atoms with Crippen LogP contribution in [-0.2, 0) is 20.8 Å². The number of para-hydroxylation sites is 1. The summed E-state index contributed by atoms with van der Waals surface area (Å²) in [4.78, 5) is 12.2. The first-order valence-electron chi connectivity index (χ1n) is 8.69. The Bertz CT molecular complexity index is 711. The maximum Gasteiger partial charge on any atom is 0.241 e. The van der Waals surface area contributed by atoms with E-state index in [2.05, 4.69) is 10.4 Å². The Labute approximate surface area is 141 Å². The molecule has 0 radical (unpaired) electrons. The molecule has 2 aromatic rings. The lowest BCUT2D eigenvalue weighted by Crippen LogP contribution is -2.39. The van der Waals surface area contributed by atoms with E-state index in [9.17, 15) is 4.79 Å². The summed E-state index contributed by atoms with van der Waals surface area (Å²) in [5, 5.41) is 8.41. The quantitative estimate of drug-likeness (QED) is 0.933. The van der Waals surface area contributed by atoms with Crippen LogP contribution >= 0.6 is 0 Å². The first-order valence-corrected chi connectivity index (χ1v) is 8.69. The van der Waals surface area contributed by atoms with E-state index in [0.717, 1.165) is 36.6 Å². The average molecular weight is 329 g/mol. The van der Waals surface area contributed by atoms with Crippen LogP contribution in [0.4, 0.5) is 0 Å². The van der Waals surface area contributed by atoms with Gasteiger partial charge in [0, 0.05) is 24.8 Å². The van der Waals surface area contributed by atoms with Crippen LogP contribution in [0.25, 0.3) is 10.9 Å². The van der Waals surface area contributed by atoms with E-state index in [-0.39, 0.29) is 18.2 Å². The number of rotatable bonds is 4. The molecule has 24 heavy (non-hydrogen) atoms. The molecule has 2 heterocycles. The fraction of sp³-hybridized carbons (Fsp3) is 0.556. The minimum absolute atomic E-state index is 0.0116. The van der Waals surface area contributed by atoms with Crippen LogP contribution in [0.3, 0.4) is 0 Å². The fourth-order valence-electron chi connectivity index (χ4n) is 3.71. The fourth-order valence-corrected chi connectivity index (χ4v) is 3.71. The number of carbonyl (C=O) groups is 1. The molecule has 128 valence electrons. The van der Waals surface area contributed by atoms with Gasteiger partial charge in [-0.15, -0.1) is 0 Å². The van der Waals surface area contributed by atoms with E-state index < -0.39 is 0 Å². The van der Waals surface area contributed by atoms with Gasteiger partial charge in [0.05, 0.1) is 24.9 Å². The van der Waals surface area contributed by atoms with Gasteiger partial charge in [0.25, 0.3) is 0 Å². The second-order valence-electron chi connectivity index (χ2n) is 6.72. The third-order valence-electron chi connectivity index (χ3n) is 5.11. The zero-order valence-corrected chi connectivity index (χ0v) is 13.7. The molecule has 1 aromatic carbocycles. The zero-order valence-electron chi connectivity index (χ0n) is 13.7. The van der Waals surface area contributed by atoms with Crippen LogP contribution in [-0.4, -0.2) is 41.2 Å². The molecule has 1 aromatic heterocycles. The highest BCUT2D eigenvalue weighted by Gasteiger charge is 2.40. The monoisotopic (exact) mass is 329 g/mol. The van der Waals surface area contributed by atoms with Gasteiger partial charge in [-0.05, 0) is 24.8 Å². The summed E-state index contributed by atoms with van der Waals surface area (Å²) in [6.07, 6.45) is 5.72. The van der Waals surface area contributed by atoms with E-state index in [4.69, 9.17) is 9.47 Å². The molecule has 4 rings (SSSR count). The normalized spacial score (nSPS) is 20.7. The molecule has 6 nitrogen and oxygen atoms in total. The summed E-state index contributed by atoms with van der Waals surface area (Å²) >= 11 is 0. The molecule has 1 saturated carbocycles. The number of nitrogens with zero attached hydrogens (tertiary/aromatic N) is 2. The molecule has 2 fully saturated rings. The van der Waals surface area contributed by atoms with Crippen LogP contribution < -0.4 is 5.32 Å². The van der Waals surface area contributed by atoms with Crippen molar-refractivity contribution in [2.45, 2.75) is 38.0 Å². The number of amides is 1. The number of fused-ring (bicyclic) bond motifs is 1. The van der Waals surface area contributed by atoms with Crippen molar-refractivity contribution in [3.05, 3.63) is 30.5 Å². The molecule has 1 saturated heterocycles. The van der Waals surface area contributed by atoms with Crippen molar-refractivity contribution in [3.8, 4) is 0 Å². The van der Waals surface area contributed by atoms with Crippen LogP contribution in [0, 0.1) is 5.92 Å². The van der Waals surface area contributed by atoms with Gasteiger partial charge in [0.2, 0.25) is 5.91 Å². The van der Waals surface area contributed by atoms with E-state index in [1.165, 1.54) is 0 Å². The maximum absolute atomic E-state index is 12.2. The van der Waals surface area contributed by atoms with E-state index in [1.54, 1.807) is 10.9 Å². The second-order valence-corrected chi connectivity index (χ2v) is 6.72. The van der Waals surface area contributed by atoms with Crippen molar-refractivity contribution in [2.24, 2.45) is 5.92 Å². The van der Waals surface area contributed by atoms with Crippen molar-refractivity contribution >= 4 is 16.8 Å². The van der Waals surface area contributed by atoms with Gasteiger partial charge < -0.3 is 14.8 Å². The van der Waals surface area contributed by atoms with E-state index in [0.29, 0.717) is 25.7 Å². The standard InChI is InChI=1S/C18H23N3O3/c22-17(13-21-16-4-2-1-3-15(16)12-20-21)19-11-14-5-7-18(8-6-14)23-9-10-24-18/h1-4,12,14H,5-11,13H2,(H,19,22). The second kappa shape index (κ2) is 6.53. The number of aromatic nitrogens is 2. The number of carbonyl (C=O) groups excluding carboxylic acids is 1. The number of hydrogen-bond donors (Lipinski definition) is 1. The lowest BCUT2D eigenvalue weighted by atomic mass is 9.85. The Morgan fingerprint density at radius 1 is 1.25 bits per heavy atom. The minimum Gasteiger partial charge on any atom is -0.354 e. The smallest absolute Gasteiger partial charge is 0.241 e. The summed E-state index contributed by atoms with van der Waals surface area (Å²) in [6, 6.07) is 7.92. The highest BCUT2D eigenvalue weighted by molar-refractivity contribution is 5.81. The molecule has 1 spiro atoms. The Morgan fingerprint density at radius 3 is 2.79 bits per heavy atom. The van der Waals surface area contributed by atoms with Crippen LogP contribution in [0.1, 0.15) is 25.7 Å². The third-order valence-corrected chi connectivity index (χ3v) is 5.11. The lowest BCUT2D eigenvalue weighted by molar-refractivity contribution is -0.182. The molecule has 1 aliphatic heterocycles. The SMILES string of the molecule is O=C(Cn1ncc2ccccc21)NCC1CCC2(CC1)OCCO2. The number of benzene rings is 1. The lowest BCUT2D eigenvalue weighted by Gasteiger charge is -2.35. The molecule has 0 unspecified atom stereocenters. The van der Waals surface area contributed by atoms with Crippen LogP contribution in [0.5, 0.6) is 0 Å². The van der Waals surface area contributed by atoms with Crippen molar-refractivity contribution in [2.75, 3.05) is 19.8 Å². The van der Waals surface area contributed by atoms with Gasteiger partial charge in [0.1, 0.15) is 6.54 Å². The Hall–Kier alpha value is -1.92. The predicted octanol–water partition coefficient (Wildman–Crippen LogP) is 2.09. The highest BCUT2D eigenvalue weighted by Crippen LogP contribution is 2.37. The molecule has 1 aliphatic carbocycles. The Morgan fingerprint density at radius 2 is 2.00 bits per heavy atom. The molecule has 2 aliphatic rings. The summed E-state index contributed by atoms with van der Waals surface area (Å²) < 4.78 is 13.2. The summed E-state index contributed by atoms with van der Waals surface area (Å²) in [7, 11) is 0. The summed E-state index contributed by atoms with van der Waals surface area (Å²) in [5.41, 5.74) is 0.989. The predicted molar refractivity (Wildman–Crippen MR) is 89.3 cm³/mol. The number of ether oxygens (including phenoxy) is 2. The minimum atomic E-state index is -0.325. The maximum atomic E-state index is 12.2. The van der Waals surface area contributed by atoms with E-state index >= 15 is 0 Å². The molecule has 0 atom stereocenters. The van der Waals surface area contributed by atoms with Gasteiger partial charge in [-0.2, -0.15) is 5.10 Å². The molecule has 6 heteroatoms. The molecule has 0 bridgehead atoms. The van der Waals surface area contributed by atoms with Crippen LogP contribution in [0.15, 0.2) is 30.5 Å². The van der Waals surface area contributed by atoms with Gasteiger partial charge in [0.15, 0.2) is 5.79 Å². The average Bonchev–Trinajstić information content (AvgIpc) is 3.23. The first kappa shape index (κ1) is 15.6. The van der Waals surface area contributed by atoms with Crippen molar-refractivity contribution in [1.82, 2.24) is 15.1 Å². The van der Waals surface area contributed by atoms with Crippen molar-refractivity contribution < 1.29 is 14.3 Å². The van der Waals surface area contributed by atoms with Gasteiger partial charge in [-0.3, -0.25) is 9.48 Å². The number of hydrogen-bond acceptors (Lipinski definition) is 4. The Balaban J connectivity index is 1.27. The molecular formula is C18H23N3O3. The highest BCUT2D eigenvalue weighted by atomic mass is 16.7. The summed E-state index contributed by atoms with van der Waals surface area (Å²) in [5.74, 6) is 0.188. The van der Waals surface area contributed by atoms with Gasteiger partial charge >= 0.3 is 0 Å². The molecular weight excluding hydrogens is 306 g/mol. The Kier molecular flexibility index (Phi) is 4.24. The third kappa shape index (κ3) is 3.16. The van der Waals surface area contributed by atoms with Crippen molar-refractivity contribution in [1.29, 1.82) is 0 Å². The van der Waals surface area contributed by atoms with Crippen molar-refractivity contribution in [3.63, 3.8) is 0 Å². The first-order chi connectivity index (χ1) is 11.7. The zero-order chi connectivity index (χ0) is 16.4. The topological polar surface area (TPSA) is 65.4 Å². The summed E-state index contributed by atoms with van der Waals surface area (Å²) in [6.45, 7) is 2.39. The molecule has 1 amide bonds. The largest absolute Gasteiger partial charge is 0.354 e. The van der Waals surface area contributed by atoms with Crippen LogP contribution in [0.2, 0.25) is 0 Å². The van der Waals surface area contributed by atoms with Gasteiger partial charge in [-0.1, -0.05) is 18.2 Å². The number of nitrogens with one attached hydrogen (secondary N) is 1. The van der Waals surface area contributed by atoms with Gasteiger partial charge in [-0.25, -0.2) is 0 Å². The van der Waals surface area contributed by atoms with E-state index in [1.807, 2.05) is 24.3 Å².